The standard InChI is InChI=1S/C27H38ClN3O2/c1-16(2)33-23-9-8-22-25(26(23)28)21(14-30-22)18(4)12-24(32)31-19(5)10-17(3)11-20(31)13-27(6,7)15-29/h8-9,14,16-20,30H,10-13H2,1-7H3. The highest BCUT2D eigenvalue weighted by Crippen LogP contribution is 2.40. The molecule has 0 saturated carbocycles. The first-order chi connectivity index (χ1) is 15.4. The third kappa shape index (κ3) is 5.66. The van der Waals surface area contributed by atoms with E-state index < -0.39 is 5.41 Å². The van der Waals surface area contributed by atoms with Gasteiger partial charge >= 0.3 is 0 Å². The van der Waals surface area contributed by atoms with Gasteiger partial charge in [-0.05, 0) is 83.4 Å². The molecule has 4 atom stereocenters. The van der Waals surface area contributed by atoms with Crippen molar-refractivity contribution >= 4 is 28.4 Å². The molecule has 0 aliphatic carbocycles. The van der Waals surface area contributed by atoms with Crippen molar-refractivity contribution in [2.24, 2.45) is 11.3 Å². The van der Waals surface area contributed by atoms with Crippen LogP contribution in [0.15, 0.2) is 18.3 Å². The van der Waals surface area contributed by atoms with Gasteiger partial charge in [0.25, 0.3) is 0 Å². The summed E-state index contributed by atoms with van der Waals surface area (Å²) in [5.41, 5.74) is 1.52. The quantitative estimate of drug-likeness (QED) is 0.470. The normalized spacial score (nSPS) is 22.4. The van der Waals surface area contributed by atoms with Crippen LogP contribution in [-0.4, -0.2) is 34.0 Å². The Balaban J connectivity index is 1.85. The van der Waals surface area contributed by atoms with Crippen LogP contribution in [0.1, 0.15) is 85.6 Å². The zero-order valence-corrected chi connectivity index (χ0v) is 21.8. The first-order valence-corrected chi connectivity index (χ1v) is 12.5. The van der Waals surface area contributed by atoms with Crippen molar-refractivity contribution < 1.29 is 9.53 Å². The predicted octanol–water partition coefficient (Wildman–Crippen LogP) is 7.06. The molecule has 1 saturated heterocycles. The Hall–Kier alpha value is -2.19. The minimum Gasteiger partial charge on any atom is -0.489 e. The van der Waals surface area contributed by atoms with Gasteiger partial charge in [0.15, 0.2) is 0 Å². The molecule has 33 heavy (non-hydrogen) atoms. The number of amides is 1. The van der Waals surface area contributed by atoms with Crippen LogP contribution in [0.4, 0.5) is 0 Å². The van der Waals surface area contributed by atoms with Crippen molar-refractivity contribution in [2.75, 3.05) is 0 Å². The van der Waals surface area contributed by atoms with Crippen LogP contribution in [0.5, 0.6) is 5.75 Å². The molecule has 1 aromatic carbocycles. The average molecular weight is 472 g/mol. The summed E-state index contributed by atoms with van der Waals surface area (Å²) >= 11 is 6.74. The van der Waals surface area contributed by atoms with E-state index in [2.05, 4.69) is 36.7 Å². The smallest absolute Gasteiger partial charge is 0.223 e. The van der Waals surface area contributed by atoms with Gasteiger partial charge in [-0.3, -0.25) is 4.79 Å². The van der Waals surface area contributed by atoms with Crippen LogP contribution in [-0.2, 0) is 4.79 Å². The highest BCUT2D eigenvalue weighted by molar-refractivity contribution is 6.37. The van der Waals surface area contributed by atoms with Crippen molar-refractivity contribution in [3.05, 3.63) is 28.9 Å². The summed E-state index contributed by atoms with van der Waals surface area (Å²) in [7, 11) is 0. The van der Waals surface area contributed by atoms with Gasteiger partial charge in [0.05, 0.1) is 22.6 Å². The summed E-state index contributed by atoms with van der Waals surface area (Å²) in [6.07, 6.45) is 5.04. The largest absolute Gasteiger partial charge is 0.489 e. The number of H-pyrrole nitrogens is 1. The predicted molar refractivity (Wildman–Crippen MR) is 135 cm³/mol. The molecule has 2 aromatic rings. The summed E-state index contributed by atoms with van der Waals surface area (Å²) in [4.78, 5) is 19.0. The van der Waals surface area contributed by atoms with E-state index in [9.17, 15) is 10.1 Å². The molecule has 2 heterocycles. The summed E-state index contributed by atoms with van der Waals surface area (Å²) in [6.45, 7) is 14.4. The van der Waals surface area contributed by atoms with Crippen LogP contribution in [0, 0.1) is 22.7 Å². The highest BCUT2D eigenvalue weighted by Gasteiger charge is 2.38. The molecular formula is C27H38ClN3O2. The number of likely N-dealkylation sites (tertiary alicyclic amines) is 1. The number of rotatable bonds is 7. The molecule has 1 aliphatic heterocycles. The van der Waals surface area contributed by atoms with Crippen molar-refractivity contribution in [1.82, 2.24) is 9.88 Å². The number of nitrogens with one attached hydrogen (secondary N) is 1. The Labute approximate surface area is 203 Å². The fourth-order valence-electron chi connectivity index (χ4n) is 5.39. The first kappa shape index (κ1) is 25.4. The number of piperidine rings is 1. The average Bonchev–Trinajstić information content (AvgIpc) is 3.14. The zero-order chi connectivity index (χ0) is 24.5. The van der Waals surface area contributed by atoms with E-state index in [4.69, 9.17) is 16.3 Å². The molecule has 0 bridgehead atoms. The highest BCUT2D eigenvalue weighted by atomic mass is 35.5. The van der Waals surface area contributed by atoms with Crippen molar-refractivity contribution in [1.29, 1.82) is 5.26 Å². The lowest BCUT2D eigenvalue weighted by Crippen LogP contribution is -2.52. The lowest BCUT2D eigenvalue weighted by molar-refractivity contribution is -0.139. The molecule has 4 unspecified atom stereocenters. The van der Waals surface area contributed by atoms with Gasteiger partial charge in [-0.15, -0.1) is 0 Å². The Morgan fingerprint density at radius 1 is 1.30 bits per heavy atom. The number of carbonyl (C=O) groups is 1. The molecule has 0 spiro atoms. The summed E-state index contributed by atoms with van der Waals surface area (Å²) < 4.78 is 5.88. The third-order valence-electron chi connectivity index (χ3n) is 6.78. The molecule has 1 aromatic heterocycles. The van der Waals surface area contributed by atoms with Crippen LogP contribution in [0.3, 0.4) is 0 Å². The van der Waals surface area contributed by atoms with Crippen LogP contribution >= 0.6 is 11.6 Å². The Kier molecular flexibility index (Phi) is 7.69. The molecule has 180 valence electrons. The lowest BCUT2D eigenvalue weighted by atomic mass is 9.79. The molecule has 3 rings (SSSR count). The van der Waals surface area contributed by atoms with Gasteiger partial charge in [-0.25, -0.2) is 0 Å². The molecule has 1 aliphatic rings. The van der Waals surface area contributed by atoms with E-state index in [0.717, 1.165) is 29.3 Å². The number of benzene rings is 1. The number of carbonyl (C=O) groups excluding carboxylic acids is 1. The Morgan fingerprint density at radius 2 is 2.00 bits per heavy atom. The number of aromatic nitrogens is 1. The number of nitrogens with zero attached hydrogens (tertiary/aromatic N) is 2. The Bertz CT molecular complexity index is 1040. The number of hydrogen-bond donors (Lipinski definition) is 1. The van der Waals surface area contributed by atoms with E-state index in [1.54, 1.807) is 0 Å². The van der Waals surface area contributed by atoms with Crippen molar-refractivity contribution in [3.63, 3.8) is 0 Å². The van der Waals surface area contributed by atoms with E-state index in [0.29, 0.717) is 29.5 Å². The number of hydrogen-bond acceptors (Lipinski definition) is 3. The minimum atomic E-state index is -0.456. The monoisotopic (exact) mass is 471 g/mol. The second-order valence-electron chi connectivity index (χ2n) is 10.9. The fraction of sp³-hybridized carbons (Fsp3) is 0.630. The molecule has 1 amide bonds. The van der Waals surface area contributed by atoms with Crippen LogP contribution in [0.2, 0.25) is 5.02 Å². The van der Waals surface area contributed by atoms with Crippen molar-refractivity contribution in [3.8, 4) is 11.8 Å². The maximum Gasteiger partial charge on any atom is 0.223 e. The van der Waals surface area contributed by atoms with Gasteiger partial charge in [0.2, 0.25) is 5.91 Å². The molecule has 1 fully saturated rings. The first-order valence-electron chi connectivity index (χ1n) is 12.1. The van der Waals surface area contributed by atoms with Crippen molar-refractivity contribution in [2.45, 2.75) is 98.3 Å². The maximum atomic E-state index is 13.6. The van der Waals surface area contributed by atoms with Gasteiger partial charge in [0.1, 0.15) is 5.75 Å². The zero-order valence-electron chi connectivity index (χ0n) is 21.0. The van der Waals surface area contributed by atoms with E-state index in [1.807, 2.05) is 46.0 Å². The second kappa shape index (κ2) is 9.97. The molecular weight excluding hydrogens is 434 g/mol. The number of aromatic amines is 1. The molecule has 5 nitrogen and oxygen atoms in total. The van der Waals surface area contributed by atoms with Gasteiger partial charge < -0.3 is 14.6 Å². The molecule has 6 heteroatoms. The van der Waals surface area contributed by atoms with Crippen LogP contribution in [0.25, 0.3) is 10.9 Å². The minimum absolute atomic E-state index is 0.00535. The number of ether oxygens (including phenoxy) is 1. The summed E-state index contributed by atoms with van der Waals surface area (Å²) in [5, 5.41) is 11.1. The third-order valence-corrected chi connectivity index (χ3v) is 7.15. The van der Waals surface area contributed by atoms with Gasteiger partial charge in [0, 0.05) is 35.6 Å². The maximum absolute atomic E-state index is 13.6. The number of nitriles is 1. The van der Waals surface area contributed by atoms with E-state index in [1.165, 1.54) is 0 Å². The number of halogens is 1. The van der Waals surface area contributed by atoms with E-state index >= 15 is 0 Å². The summed E-state index contributed by atoms with van der Waals surface area (Å²) in [5.74, 6) is 1.36. The Morgan fingerprint density at radius 3 is 2.64 bits per heavy atom. The molecule has 0 radical (unpaired) electrons. The topological polar surface area (TPSA) is 69.1 Å². The fourth-order valence-corrected chi connectivity index (χ4v) is 5.71. The SMILES string of the molecule is CC1CC(C)N(C(=O)CC(C)c2c[nH]c3ccc(OC(C)C)c(Cl)c23)C(CC(C)(C)C#N)C1. The molecule has 1 N–H and O–H groups in total. The van der Waals surface area contributed by atoms with Gasteiger partial charge in [-0.1, -0.05) is 25.4 Å². The van der Waals surface area contributed by atoms with Gasteiger partial charge in [-0.2, -0.15) is 5.26 Å². The number of fused-ring (bicyclic) bond motifs is 1. The second-order valence-corrected chi connectivity index (χ2v) is 11.3. The lowest BCUT2D eigenvalue weighted by Gasteiger charge is -2.45. The van der Waals surface area contributed by atoms with E-state index in [-0.39, 0.29) is 30.0 Å². The summed E-state index contributed by atoms with van der Waals surface area (Å²) in [6, 6.07) is 6.55. The van der Waals surface area contributed by atoms with Crippen LogP contribution < -0.4 is 4.74 Å².